The number of pyridine rings is 1. The van der Waals surface area contributed by atoms with Gasteiger partial charge in [0.05, 0.1) is 16.9 Å². The Hall–Kier alpha value is -3.62. The lowest BCUT2D eigenvalue weighted by Gasteiger charge is -2.07. The smallest absolute Gasteiger partial charge is 0.257 e. The van der Waals surface area contributed by atoms with Crippen molar-refractivity contribution in [2.75, 3.05) is 5.32 Å². The SMILES string of the molecule is Cc1nn(C)c2ncc(C(=O)Nc3cccc(-n4cnnn4)c3)cc12. The van der Waals surface area contributed by atoms with Gasteiger partial charge in [-0.3, -0.25) is 9.48 Å². The lowest BCUT2D eigenvalue weighted by molar-refractivity contribution is 0.102. The number of rotatable bonds is 3. The Morgan fingerprint density at radius 2 is 2.12 bits per heavy atom. The first-order valence-electron chi connectivity index (χ1n) is 7.56. The number of hydrogen-bond acceptors (Lipinski definition) is 6. The third kappa shape index (κ3) is 2.71. The number of carbonyl (C=O) groups excluding carboxylic acids is 1. The molecule has 0 atom stereocenters. The Bertz CT molecular complexity index is 1070. The number of nitrogens with zero attached hydrogens (tertiary/aromatic N) is 7. The summed E-state index contributed by atoms with van der Waals surface area (Å²) in [5.41, 5.74) is 3.44. The number of aromatic nitrogens is 7. The monoisotopic (exact) mass is 334 g/mol. The molecule has 0 unspecified atom stereocenters. The molecule has 9 heteroatoms. The molecule has 0 bridgehead atoms. The Morgan fingerprint density at radius 3 is 2.92 bits per heavy atom. The van der Waals surface area contributed by atoms with Crippen LogP contribution in [0.4, 0.5) is 5.69 Å². The summed E-state index contributed by atoms with van der Waals surface area (Å²) in [5.74, 6) is -0.244. The van der Waals surface area contributed by atoms with E-state index in [2.05, 4.69) is 30.9 Å². The first kappa shape index (κ1) is 14.9. The van der Waals surface area contributed by atoms with Gasteiger partial charge in [-0.05, 0) is 41.6 Å². The van der Waals surface area contributed by atoms with Crippen LogP contribution in [0.15, 0.2) is 42.9 Å². The van der Waals surface area contributed by atoms with Crippen LogP contribution < -0.4 is 5.32 Å². The van der Waals surface area contributed by atoms with Crippen LogP contribution >= 0.6 is 0 Å². The van der Waals surface area contributed by atoms with E-state index in [0.29, 0.717) is 11.3 Å². The van der Waals surface area contributed by atoms with Crippen molar-refractivity contribution in [3.8, 4) is 5.69 Å². The van der Waals surface area contributed by atoms with E-state index in [1.54, 1.807) is 29.1 Å². The van der Waals surface area contributed by atoms with Gasteiger partial charge >= 0.3 is 0 Å². The van der Waals surface area contributed by atoms with Crippen LogP contribution in [0.1, 0.15) is 16.1 Å². The molecule has 1 N–H and O–H groups in total. The Morgan fingerprint density at radius 1 is 1.24 bits per heavy atom. The molecule has 0 saturated carbocycles. The predicted octanol–water partition coefficient (Wildman–Crippen LogP) is 1.50. The van der Waals surface area contributed by atoms with Crippen molar-refractivity contribution in [2.45, 2.75) is 6.92 Å². The van der Waals surface area contributed by atoms with E-state index in [1.807, 2.05) is 26.1 Å². The fourth-order valence-electron chi connectivity index (χ4n) is 2.64. The molecular formula is C16H14N8O. The molecule has 0 spiro atoms. The summed E-state index contributed by atoms with van der Waals surface area (Å²) >= 11 is 0. The molecule has 0 radical (unpaired) electrons. The van der Waals surface area contributed by atoms with Gasteiger partial charge in [-0.25, -0.2) is 9.67 Å². The topological polar surface area (TPSA) is 103 Å². The van der Waals surface area contributed by atoms with Crippen LogP contribution in [0.5, 0.6) is 0 Å². The summed E-state index contributed by atoms with van der Waals surface area (Å²) in [7, 11) is 1.83. The number of benzene rings is 1. The molecule has 25 heavy (non-hydrogen) atoms. The Kier molecular flexibility index (Phi) is 3.46. The van der Waals surface area contributed by atoms with Gasteiger partial charge in [0.15, 0.2) is 5.65 Å². The highest BCUT2D eigenvalue weighted by Crippen LogP contribution is 2.18. The standard InChI is InChI=1S/C16H14N8O/c1-10-14-6-11(8-17-15(14)23(2)20-10)16(25)19-12-4-3-5-13(7-12)24-9-18-21-22-24/h3-9H,1-2H3,(H,19,25). The van der Waals surface area contributed by atoms with Crippen LogP contribution in [0.3, 0.4) is 0 Å². The van der Waals surface area contributed by atoms with Crippen LogP contribution in [-0.2, 0) is 7.05 Å². The molecule has 1 aromatic carbocycles. The number of nitrogens with one attached hydrogen (secondary N) is 1. The molecule has 3 aromatic heterocycles. The molecule has 0 fully saturated rings. The molecular weight excluding hydrogens is 320 g/mol. The highest BCUT2D eigenvalue weighted by molar-refractivity contribution is 6.05. The quantitative estimate of drug-likeness (QED) is 0.609. The van der Waals surface area contributed by atoms with Crippen molar-refractivity contribution in [3.63, 3.8) is 0 Å². The fraction of sp³-hybridized carbons (Fsp3) is 0.125. The zero-order valence-electron chi connectivity index (χ0n) is 13.6. The maximum Gasteiger partial charge on any atom is 0.257 e. The minimum Gasteiger partial charge on any atom is -0.322 e. The first-order valence-corrected chi connectivity index (χ1v) is 7.56. The van der Waals surface area contributed by atoms with E-state index in [1.165, 1.54) is 11.0 Å². The minimum absolute atomic E-state index is 0.244. The van der Waals surface area contributed by atoms with Crippen LogP contribution in [0.2, 0.25) is 0 Å². The van der Waals surface area contributed by atoms with Gasteiger partial charge in [0.2, 0.25) is 0 Å². The summed E-state index contributed by atoms with van der Waals surface area (Å²) < 4.78 is 3.21. The molecule has 1 amide bonds. The second-order valence-corrected chi connectivity index (χ2v) is 5.56. The van der Waals surface area contributed by atoms with Crippen LogP contribution in [-0.4, -0.2) is 40.9 Å². The number of fused-ring (bicyclic) bond motifs is 1. The molecule has 4 aromatic rings. The number of aryl methyl sites for hydroxylation is 2. The van der Waals surface area contributed by atoms with Gasteiger partial charge in [0.1, 0.15) is 6.33 Å². The van der Waals surface area contributed by atoms with Crippen LogP contribution in [0.25, 0.3) is 16.7 Å². The largest absolute Gasteiger partial charge is 0.322 e. The molecule has 0 aliphatic heterocycles. The highest BCUT2D eigenvalue weighted by atomic mass is 16.1. The van der Waals surface area contributed by atoms with E-state index < -0.39 is 0 Å². The number of carbonyl (C=O) groups is 1. The van der Waals surface area contributed by atoms with Crippen LogP contribution in [0, 0.1) is 6.92 Å². The van der Waals surface area contributed by atoms with E-state index >= 15 is 0 Å². The third-order valence-electron chi connectivity index (χ3n) is 3.84. The predicted molar refractivity (Wildman–Crippen MR) is 90.4 cm³/mol. The number of hydrogen-bond donors (Lipinski definition) is 1. The van der Waals surface area contributed by atoms with Crippen molar-refractivity contribution in [3.05, 3.63) is 54.1 Å². The number of anilines is 1. The Balaban J connectivity index is 1.62. The van der Waals surface area contributed by atoms with Gasteiger partial charge in [-0.2, -0.15) is 5.10 Å². The zero-order chi connectivity index (χ0) is 17.4. The van der Waals surface area contributed by atoms with Gasteiger partial charge < -0.3 is 5.32 Å². The molecule has 0 saturated heterocycles. The maximum atomic E-state index is 12.5. The van der Waals surface area contributed by atoms with E-state index in [9.17, 15) is 4.79 Å². The molecule has 3 heterocycles. The Labute approximate surface area is 142 Å². The zero-order valence-corrected chi connectivity index (χ0v) is 13.6. The number of tetrazole rings is 1. The summed E-state index contributed by atoms with van der Waals surface area (Å²) in [6.07, 6.45) is 3.04. The van der Waals surface area contributed by atoms with E-state index in [-0.39, 0.29) is 5.91 Å². The van der Waals surface area contributed by atoms with Crippen molar-refractivity contribution in [2.24, 2.45) is 7.05 Å². The van der Waals surface area contributed by atoms with Gasteiger partial charge in [-0.15, -0.1) is 5.10 Å². The summed E-state index contributed by atoms with van der Waals surface area (Å²) in [5, 5.41) is 19.1. The van der Waals surface area contributed by atoms with Crippen molar-refractivity contribution in [1.82, 2.24) is 35.0 Å². The van der Waals surface area contributed by atoms with E-state index in [4.69, 9.17) is 0 Å². The second-order valence-electron chi connectivity index (χ2n) is 5.56. The lowest BCUT2D eigenvalue weighted by atomic mass is 10.2. The molecule has 4 rings (SSSR count). The second kappa shape index (κ2) is 5.78. The van der Waals surface area contributed by atoms with Crippen molar-refractivity contribution in [1.29, 1.82) is 0 Å². The normalized spacial score (nSPS) is 11.0. The van der Waals surface area contributed by atoms with Crippen molar-refractivity contribution < 1.29 is 4.79 Å². The van der Waals surface area contributed by atoms with Crippen molar-refractivity contribution >= 4 is 22.6 Å². The average molecular weight is 334 g/mol. The molecule has 0 aliphatic carbocycles. The van der Waals surface area contributed by atoms with Gasteiger partial charge in [0, 0.05) is 24.3 Å². The van der Waals surface area contributed by atoms with Gasteiger partial charge in [-0.1, -0.05) is 6.07 Å². The lowest BCUT2D eigenvalue weighted by Crippen LogP contribution is -2.12. The van der Waals surface area contributed by atoms with E-state index in [0.717, 1.165) is 22.4 Å². The number of amides is 1. The molecule has 124 valence electrons. The highest BCUT2D eigenvalue weighted by Gasteiger charge is 2.12. The minimum atomic E-state index is -0.244. The average Bonchev–Trinajstić information content (AvgIpc) is 3.24. The third-order valence-corrected chi connectivity index (χ3v) is 3.84. The molecule has 0 aliphatic rings. The molecule has 9 nitrogen and oxygen atoms in total. The van der Waals surface area contributed by atoms with Gasteiger partial charge in [0.25, 0.3) is 5.91 Å². The summed E-state index contributed by atoms with van der Waals surface area (Å²) in [6, 6.07) is 9.05. The summed E-state index contributed by atoms with van der Waals surface area (Å²) in [6.45, 7) is 1.89. The maximum absolute atomic E-state index is 12.5. The first-order chi connectivity index (χ1) is 12.1. The summed E-state index contributed by atoms with van der Waals surface area (Å²) in [4.78, 5) is 16.9. The fourth-order valence-corrected chi connectivity index (χ4v) is 2.64.